The zero-order valence-corrected chi connectivity index (χ0v) is 10.00. The van der Waals surface area contributed by atoms with Gasteiger partial charge in [0.15, 0.2) is 11.3 Å². The van der Waals surface area contributed by atoms with Crippen molar-refractivity contribution in [3.63, 3.8) is 0 Å². The number of hydrogen-bond donors (Lipinski definition) is 4. The molecule has 0 fully saturated rings. The number of carboxylic acid groups (broad SMARTS) is 2. The Kier molecular flexibility index (Phi) is 4.23. The van der Waals surface area contributed by atoms with Gasteiger partial charge in [-0.15, -0.1) is 0 Å². The lowest BCUT2D eigenvalue weighted by molar-refractivity contribution is -0.142. The van der Waals surface area contributed by atoms with Crippen LogP contribution in [-0.2, 0) is 9.59 Å². The van der Waals surface area contributed by atoms with Crippen molar-refractivity contribution in [3.8, 4) is 0 Å². The minimum absolute atomic E-state index is 0.0736. The van der Waals surface area contributed by atoms with Gasteiger partial charge in [-0.1, -0.05) is 0 Å². The molecule has 0 saturated carbocycles. The number of ketones is 1. The number of benzene rings is 1. The third-order valence-electron chi connectivity index (χ3n) is 2.69. The lowest BCUT2D eigenvalue weighted by Gasteiger charge is -2.22. The maximum Gasteiger partial charge on any atom is 0.331 e. The van der Waals surface area contributed by atoms with E-state index in [0.717, 1.165) is 0 Å². The molecule has 1 atom stereocenters. The first-order valence-corrected chi connectivity index (χ1v) is 5.42. The van der Waals surface area contributed by atoms with E-state index in [1.54, 1.807) is 0 Å². The van der Waals surface area contributed by atoms with Gasteiger partial charge in [0.05, 0.1) is 0 Å². The van der Waals surface area contributed by atoms with Crippen LogP contribution in [0.3, 0.4) is 0 Å². The van der Waals surface area contributed by atoms with Crippen LogP contribution in [0.5, 0.6) is 0 Å². The Balaban J connectivity index is 3.04. The molecule has 102 valence electrons. The van der Waals surface area contributed by atoms with E-state index in [-0.39, 0.29) is 5.56 Å². The van der Waals surface area contributed by atoms with Crippen molar-refractivity contribution in [2.75, 3.05) is 5.73 Å². The van der Waals surface area contributed by atoms with Gasteiger partial charge in [-0.05, 0) is 30.7 Å². The second kappa shape index (κ2) is 5.49. The first kappa shape index (κ1) is 14.7. The quantitative estimate of drug-likeness (QED) is 0.324. The van der Waals surface area contributed by atoms with Crippen molar-refractivity contribution in [2.45, 2.75) is 18.4 Å². The van der Waals surface area contributed by atoms with E-state index in [4.69, 9.17) is 21.7 Å². The molecule has 0 saturated heterocycles. The molecule has 0 amide bonds. The average Bonchev–Trinajstić information content (AvgIpc) is 2.35. The predicted molar refractivity (Wildman–Crippen MR) is 66.6 cm³/mol. The van der Waals surface area contributed by atoms with Crippen LogP contribution in [0.15, 0.2) is 24.3 Å². The van der Waals surface area contributed by atoms with Gasteiger partial charge in [0.25, 0.3) is 0 Å². The Morgan fingerprint density at radius 3 is 2.05 bits per heavy atom. The van der Waals surface area contributed by atoms with Crippen LogP contribution in [0.1, 0.15) is 23.2 Å². The average molecular weight is 266 g/mol. The Morgan fingerprint density at radius 1 is 1.11 bits per heavy atom. The molecule has 6 N–H and O–H groups in total. The topological polar surface area (TPSA) is 144 Å². The van der Waals surface area contributed by atoms with Gasteiger partial charge in [-0.2, -0.15) is 0 Å². The van der Waals surface area contributed by atoms with E-state index in [1.807, 2.05) is 0 Å². The van der Waals surface area contributed by atoms with Crippen molar-refractivity contribution in [1.82, 2.24) is 0 Å². The summed E-state index contributed by atoms with van der Waals surface area (Å²) in [6.07, 6.45) is -0.996. The standard InChI is InChI=1S/C12H14N2O5/c13-8-3-1-7(2-4-8)10(17)12(14,11(18)19)6-5-9(15)16/h1-4H,5-6,13-14H2,(H,15,16)(H,18,19). The molecular formula is C12H14N2O5. The summed E-state index contributed by atoms with van der Waals surface area (Å²) in [7, 11) is 0. The molecule has 1 aromatic carbocycles. The fourth-order valence-electron chi connectivity index (χ4n) is 1.51. The maximum atomic E-state index is 12.1. The van der Waals surface area contributed by atoms with E-state index in [0.29, 0.717) is 5.69 Å². The second-order valence-electron chi connectivity index (χ2n) is 4.12. The number of carboxylic acids is 2. The fraction of sp³-hybridized carbons (Fsp3) is 0.250. The van der Waals surface area contributed by atoms with Crippen molar-refractivity contribution in [1.29, 1.82) is 0 Å². The van der Waals surface area contributed by atoms with E-state index in [2.05, 4.69) is 0 Å². The van der Waals surface area contributed by atoms with Crippen molar-refractivity contribution in [3.05, 3.63) is 29.8 Å². The number of hydrogen-bond acceptors (Lipinski definition) is 5. The Morgan fingerprint density at radius 2 is 1.63 bits per heavy atom. The molecule has 1 aromatic rings. The zero-order valence-electron chi connectivity index (χ0n) is 10.00. The van der Waals surface area contributed by atoms with Crippen LogP contribution in [0.2, 0.25) is 0 Å². The molecule has 0 aliphatic carbocycles. The van der Waals surface area contributed by atoms with Gasteiger partial charge in [-0.3, -0.25) is 9.59 Å². The third kappa shape index (κ3) is 3.29. The van der Waals surface area contributed by atoms with Gasteiger partial charge in [-0.25, -0.2) is 4.79 Å². The molecule has 0 spiro atoms. The first-order valence-electron chi connectivity index (χ1n) is 5.42. The minimum atomic E-state index is -2.26. The highest BCUT2D eigenvalue weighted by molar-refractivity contribution is 6.16. The zero-order chi connectivity index (χ0) is 14.6. The lowest BCUT2D eigenvalue weighted by Crippen LogP contribution is -2.55. The van der Waals surface area contributed by atoms with Crippen LogP contribution < -0.4 is 11.5 Å². The summed E-state index contributed by atoms with van der Waals surface area (Å²) in [5, 5.41) is 17.6. The molecule has 0 aliphatic heterocycles. The number of aliphatic carboxylic acids is 2. The summed E-state index contributed by atoms with van der Waals surface area (Å²) in [5.74, 6) is -3.63. The minimum Gasteiger partial charge on any atom is -0.481 e. The number of Topliss-reactive ketones (excluding diaryl/α,β-unsaturated/α-hetero) is 1. The van der Waals surface area contributed by atoms with Crippen LogP contribution in [0.4, 0.5) is 5.69 Å². The van der Waals surface area contributed by atoms with E-state index < -0.39 is 36.1 Å². The number of carbonyl (C=O) groups excluding carboxylic acids is 1. The SMILES string of the molecule is Nc1ccc(C(=O)C(N)(CCC(=O)O)C(=O)O)cc1. The number of nitrogen functional groups attached to an aromatic ring is 1. The van der Waals surface area contributed by atoms with Crippen molar-refractivity contribution < 1.29 is 24.6 Å². The smallest absolute Gasteiger partial charge is 0.331 e. The van der Waals surface area contributed by atoms with Gasteiger partial charge in [0.1, 0.15) is 0 Å². The number of anilines is 1. The third-order valence-corrected chi connectivity index (χ3v) is 2.69. The van der Waals surface area contributed by atoms with Crippen LogP contribution in [0.25, 0.3) is 0 Å². The molecule has 1 unspecified atom stereocenters. The number of carbonyl (C=O) groups is 3. The van der Waals surface area contributed by atoms with Gasteiger partial charge >= 0.3 is 11.9 Å². The summed E-state index contributed by atoms with van der Waals surface area (Å²) in [4.78, 5) is 33.7. The highest BCUT2D eigenvalue weighted by Crippen LogP contribution is 2.18. The molecule has 0 heterocycles. The normalized spacial score (nSPS) is 13.5. The maximum absolute atomic E-state index is 12.1. The number of nitrogens with two attached hydrogens (primary N) is 2. The van der Waals surface area contributed by atoms with Crippen molar-refractivity contribution in [2.24, 2.45) is 5.73 Å². The summed E-state index contributed by atoms with van der Waals surface area (Å²) >= 11 is 0. The summed E-state index contributed by atoms with van der Waals surface area (Å²) < 4.78 is 0. The Labute approximate surface area is 108 Å². The molecule has 19 heavy (non-hydrogen) atoms. The summed E-state index contributed by atoms with van der Waals surface area (Å²) in [6.45, 7) is 0. The molecule has 0 aromatic heterocycles. The summed E-state index contributed by atoms with van der Waals surface area (Å²) in [6, 6.07) is 5.57. The largest absolute Gasteiger partial charge is 0.481 e. The first-order chi connectivity index (χ1) is 8.77. The highest BCUT2D eigenvalue weighted by atomic mass is 16.4. The van der Waals surface area contributed by atoms with Crippen LogP contribution >= 0.6 is 0 Å². The fourth-order valence-corrected chi connectivity index (χ4v) is 1.51. The molecule has 0 radical (unpaired) electrons. The Hall–Kier alpha value is -2.41. The number of rotatable bonds is 6. The molecule has 0 bridgehead atoms. The van der Waals surface area contributed by atoms with Crippen LogP contribution in [-0.4, -0.2) is 33.5 Å². The predicted octanol–water partition coefficient (Wildman–Crippen LogP) is 0.0984. The second-order valence-corrected chi connectivity index (χ2v) is 4.12. The molecule has 0 aliphatic rings. The monoisotopic (exact) mass is 266 g/mol. The molecule has 7 nitrogen and oxygen atoms in total. The van der Waals surface area contributed by atoms with E-state index in [1.165, 1.54) is 24.3 Å². The van der Waals surface area contributed by atoms with Crippen LogP contribution in [0, 0.1) is 0 Å². The Bertz CT molecular complexity index is 511. The highest BCUT2D eigenvalue weighted by Gasteiger charge is 2.42. The lowest BCUT2D eigenvalue weighted by atomic mass is 9.86. The summed E-state index contributed by atoms with van der Waals surface area (Å²) in [5.41, 5.74) is 9.25. The van der Waals surface area contributed by atoms with E-state index >= 15 is 0 Å². The molecule has 1 rings (SSSR count). The van der Waals surface area contributed by atoms with Crippen molar-refractivity contribution >= 4 is 23.4 Å². The van der Waals surface area contributed by atoms with Gasteiger partial charge in [0.2, 0.25) is 0 Å². The molecule has 7 heteroatoms. The molecular weight excluding hydrogens is 252 g/mol. The van der Waals surface area contributed by atoms with E-state index in [9.17, 15) is 14.4 Å². The van der Waals surface area contributed by atoms with Gasteiger partial charge in [0, 0.05) is 17.7 Å². The van der Waals surface area contributed by atoms with Gasteiger partial charge < -0.3 is 21.7 Å².